The summed E-state index contributed by atoms with van der Waals surface area (Å²) in [6, 6.07) is 9.06. The Morgan fingerprint density at radius 3 is 2.41 bits per heavy atom. The summed E-state index contributed by atoms with van der Waals surface area (Å²) in [6.07, 6.45) is -4.64. The van der Waals surface area contributed by atoms with E-state index >= 15 is 0 Å². The van der Waals surface area contributed by atoms with Gasteiger partial charge in [-0.3, -0.25) is 4.79 Å². The molecule has 1 amide bonds. The summed E-state index contributed by atoms with van der Waals surface area (Å²) >= 11 is 5.31. The summed E-state index contributed by atoms with van der Waals surface area (Å²) in [7, 11) is 0. The summed E-state index contributed by atoms with van der Waals surface area (Å²) in [5, 5.41) is 12.0. The Hall–Kier alpha value is -2.21. The lowest BCUT2D eigenvalue weighted by atomic mass is 9.98. The molecular weight excluding hydrogens is 319 g/mol. The Morgan fingerprint density at radius 1 is 1.14 bits per heavy atom. The molecule has 22 heavy (non-hydrogen) atoms. The van der Waals surface area contributed by atoms with Crippen molar-refractivity contribution >= 4 is 23.2 Å². The quantitative estimate of drug-likeness (QED) is 0.827. The van der Waals surface area contributed by atoms with Crippen LogP contribution in [-0.4, -0.2) is 16.9 Å². The molecule has 2 aromatic rings. The van der Waals surface area contributed by atoms with Gasteiger partial charge >= 0.3 is 6.18 Å². The first-order chi connectivity index (χ1) is 10.3. The van der Waals surface area contributed by atoms with Gasteiger partial charge < -0.3 is 10.4 Å². The van der Waals surface area contributed by atoms with E-state index in [1.807, 2.05) is 0 Å². The lowest BCUT2D eigenvalue weighted by molar-refractivity contribution is -0.137. The molecule has 0 aliphatic heterocycles. The SMILES string of the molecule is O=C(CCl)Nc1ccc(-c2ccccc2O)c(C(F)(F)F)c1. The van der Waals surface area contributed by atoms with Crippen molar-refractivity contribution in [2.24, 2.45) is 0 Å². The van der Waals surface area contributed by atoms with Crippen molar-refractivity contribution in [3.05, 3.63) is 48.0 Å². The van der Waals surface area contributed by atoms with E-state index in [0.717, 1.165) is 6.07 Å². The molecule has 0 atom stereocenters. The summed E-state index contributed by atoms with van der Waals surface area (Å²) < 4.78 is 39.7. The molecule has 0 radical (unpaired) electrons. The fourth-order valence-electron chi connectivity index (χ4n) is 1.99. The van der Waals surface area contributed by atoms with Crippen LogP contribution in [0.25, 0.3) is 11.1 Å². The minimum atomic E-state index is -4.64. The van der Waals surface area contributed by atoms with Gasteiger partial charge in [-0.25, -0.2) is 0 Å². The number of rotatable bonds is 3. The Bertz CT molecular complexity index is 701. The molecule has 0 saturated carbocycles. The number of carbonyl (C=O) groups excluding carboxylic acids is 1. The monoisotopic (exact) mass is 329 g/mol. The molecule has 3 nitrogen and oxygen atoms in total. The summed E-state index contributed by atoms with van der Waals surface area (Å²) in [5.74, 6) is -1.22. The number of hydrogen-bond donors (Lipinski definition) is 2. The summed E-state index contributed by atoms with van der Waals surface area (Å²) in [5.41, 5.74) is -1.09. The number of halogens is 4. The van der Waals surface area contributed by atoms with E-state index in [4.69, 9.17) is 11.6 Å². The Labute approximate surface area is 129 Å². The molecule has 116 valence electrons. The normalized spacial score (nSPS) is 11.3. The van der Waals surface area contributed by atoms with Crippen molar-refractivity contribution in [2.75, 3.05) is 11.2 Å². The summed E-state index contributed by atoms with van der Waals surface area (Å²) in [4.78, 5) is 11.2. The number of nitrogens with one attached hydrogen (secondary N) is 1. The van der Waals surface area contributed by atoms with Crippen LogP contribution in [0, 0.1) is 0 Å². The van der Waals surface area contributed by atoms with Crippen molar-refractivity contribution in [3.8, 4) is 16.9 Å². The van der Waals surface area contributed by atoms with E-state index in [-0.39, 0.29) is 28.4 Å². The van der Waals surface area contributed by atoms with Crippen molar-refractivity contribution < 1.29 is 23.1 Å². The second-order valence-electron chi connectivity index (χ2n) is 4.46. The van der Waals surface area contributed by atoms with Crippen LogP contribution in [0.4, 0.5) is 18.9 Å². The van der Waals surface area contributed by atoms with Crippen LogP contribution in [-0.2, 0) is 11.0 Å². The van der Waals surface area contributed by atoms with Gasteiger partial charge in [-0.2, -0.15) is 13.2 Å². The molecular formula is C15H11ClF3NO2. The van der Waals surface area contributed by atoms with E-state index in [2.05, 4.69) is 5.32 Å². The van der Waals surface area contributed by atoms with Crippen LogP contribution in [0.3, 0.4) is 0 Å². The van der Waals surface area contributed by atoms with Crippen LogP contribution >= 0.6 is 11.6 Å². The van der Waals surface area contributed by atoms with Gasteiger partial charge in [0, 0.05) is 11.3 Å². The molecule has 0 bridgehead atoms. The highest BCUT2D eigenvalue weighted by molar-refractivity contribution is 6.29. The number of hydrogen-bond acceptors (Lipinski definition) is 2. The number of benzene rings is 2. The maximum atomic E-state index is 13.2. The minimum Gasteiger partial charge on any atom is -0.507 e. The van der Waals surface area contributed by atoms with Crippen LogP contribution < -0.4 is 5.32 Å². The van der Waals surface area contributed by atoms with Gasteiger partial charge in [0.05, 0.1) is 5.56 Å². The number of anilines is 1. The number of amides is 1. The molecule has 0 heterocycles. The van der Waals surface area contributed by atoms with Gasteiger partial charge in [-0.1, -0.05) is 24.3 Å². The zero-order valence-corrected chi connectivity index (χ0v) is 11.9. The summed E-state index contributed by atoms with van der Waals surface area (Å²) in [6.45, 7) is 0. The molecule has 0 saturated heterocycles. The largest absolute Gasteiger partial charge is 0.507 e. The Morgan fingerprint density at radius 2 is 1.82 bits per heavy atom. The molecule has 2 aromatic carbocycles. The first-order valence-corrected chi connectivity index (χ1v) is 6.72. The fourth-order valence-corrected chi connectivity index (χ4v) is 2.05. The van der Waals surface area contributed by atoms with Crippen molar-refractivity contribution in [3.63, 3.8) is 0 Å². The second-order valence-corrected chi connectivity index (χ2v) is 4.72. The number of carbonyl (C=O) groups is 1. The van der Waals surface area contributed by atoms with Gasteiger partial charge in [-0.05, 0) is 23.8 Å². The molecule has 0 fully saturated rings. The minimum absolute atomic E-state index is 0.0165. The topological polar surface area (TPSA) is 49.3 Å². The van der Waals surface area contributed by atoms with Gasteiger partial charge in [0.1, 0.15) is 11.6 Å². The van der Waals surface area contributed by atoms with E-state index in [1.54, 1.807) is 0 Å². The molecule has 0 aliphatic rings. The third-order valence-electron chi connectivity index (χ3n) is 2.92. The Kier molecular flexibility index (Phi) is 4.61. The zero-order chi connectivity index (χ0) is 16.3. The first-order valence-electron chi connectivity index (χ1n) is 6.18. The molecule has 7 heteroatoms. The third kappa shape index (κ3) is 3.51. The molecule has 0 spiro atoms. The van der Waals surface area contributed by atoms with E-state index in [0.29, 0.717) is 0 Å². The maximum absolute atomic E-state index is 13.2. The van der Waals surface area contributed by atoms with Crippen molar-refractivity contribution in [1.82, 2.24) is 0 Å². The Balaban J connectivity index is 2.56. The van der Waals surface area contributed by atoms with Crippen LogP contribution in [0.5, 0.6) is 5.75 Å². The lowest BCUT2D eigenvalue weighted by Gasteiger charge is -2.16. The maximum Gasteiger partial charge on any atom is 0.417 e. The van der Waals surface area contributed by atoms with Crippen molar-refractivity contribution in [2.45, 2.75) is 6.18 Å². The van der Waals surface area contributed by atoms with Gasteiger partial charge in [0.25, 0.3) is 0 Å². The number of phenols is 1. The zero-order valence-electron chi connectivity index (χ0n) is 11.1. The second kappa shape index (κ2) is 6.27. The average molecular weight is 330 g/mol. The lowest BCUT2D eigenvalue weighted by Crippen LogP contribution is -2.14. The predicted molar refractivity (Wildman–Crippen MR) is 77.9 cm³/mol. The van der Waals surface area contributed by atoms with Crippen LogP contribution in [0.1, 0.15) is 5.56 Å². The standard InChI is InChI=1S/C15H11ClF3NO2/c16-8-14(22)20-9-5-6-10(12(7-9)15(17,18)19)11-3-1-2-4-13(11)21/h1-7,21H,8H2,(H,20,22). The van der Waals surface area contributed by atoms with E-state index < -0.39 is 17.6 Å². The third-order valence-corrected chi connectivity index (χ3v) is 3.17. The first kappa shape index (κ1) is 16.2. The number of alkyl halides is 4. The molecule has 2 N–H and O–H groups in total. The van der Waals surface area contributed by atoms with Crippen molar-refractivity contribution in [1.29, 1.82) is 0 Å². The average Bonchev–Trinajstić information content (AvgIpc) is 2.47. The smallest absolute Gasteiger partial charge is 0.417 e. The number of para-hydroxylation sites is 1. The molecule has 0 aromatic heterocycles. The van der Waals surface area contributed by atoms with Crippen LogP contribution in [0.2, 0.25) is 0 Å². The number of aromatic hydroxyl groups is 1. The molecule has 2 rings (SSSR count). The van der Waals surface area contributed by atoms with Crippen LogP contribution in [0.15, 0.2) is 42.5 Å². The van der Waals surface area contributed by atoms with E-state index in [9.17, 15) is 23.1 Å². The highest BCUT2D eigenvalue weighted by Gasteiger charge is 2.34. The molecule has 0 unspecified atom stereocenters. The van der Waals surface area contributed by atoms with E-state index in [1.165, 1.54) is 36.4 Å². The fraction of sp³-hybridized carbons (Fsp3) is 0.133. The van der Waals surface area contributed by atoms with Gasteiger partial charge in [-0.15, -0.1) is 11.6 Å². The number of phenolic OH excluding ortho intramolecular Hbond substituents is 1. The highest BCUT2D eigenvalue weighted by atomic mass is 35.5. The van der Waals surface area contributed by atoms with Gasteiger partial charge in [0.2, 0.25) is 5.91 Å². The highest BCUT2D eigenvalue weighted by Crippen LogP contribution is 2.41. The predicted octanol–water partition coefficient (Wildman–Crippen LogP) is 4.26. The van der Waals surface area contributed by atoms with Gasteiger partial charge in [0.15, 0.2) is 0 Å². The molecule has 0 aliphatic carbocycles.